The summed E-state index contributed by atoms with van der Waals surface area (Å²) >= 11 is 0. The van der Waals surface area contributed by atoms with Crippen LogP contribution in [-0.4, -0.2) is 31.8 Å². The molecule has 1 aliphatic rings. The number of hydrogen-bond donors (Lipinski definition) is 1. The maximum atomic E-state index is 12.1. The number of piperidine rings is 1. The Morgan fingerprint density at radius 3 is 2.55 bits per heavy atom. The molecule has 0 bridgehead atoms. The van der Waals surface area contributed by atoms with Crippen LogP contribution in [0.2, 0.25) is 0 Å². The van der Waals surface area contributed by atoms with Gasteiger partial charge in [0, 0.05) is 0 Å². The zero-order valence-electron chi connectivity index (χ0n) is 14.0. The second-order valence-corrected chi connectivity index (χ2v) is 6.92. The fourth-order valence-corrected chi connectivity index (χ4v) is 3.02. The Bertz CT molecular complexity index is 490. The first-order valence-corrected chi connectivity index (χ1v) is 7.95. The largest absolute Gasteiger partial charge is 0.497 e. The van der Waals surface area contributed by atoms with Gasteiger partial charge in [0.2, 0.25) is 0 Å². The van der Waals surface area contributed by atoms with Gasteiger partial charge in [-0.25, -0.2) is 0 Å². The smallest absolute Gasteiger partial charge is 0.306 e. The Labute approximate surface area is 133 Å². The zero-order valence-corrected chi connectivity index (χ0v) is 14.0. The van der Waals surface area contributed by atoms with Crippen LogP contribution in [0.3, 0.4) is 0 Å². The van der Waals surface area contributed by atoms with E-state index in [4.69, 9.17) is 9.47 Å². The third-order valence-electron chi connectivity index (χ3n) is 4.00. The predicted molar refractivity (Wildman–Crippen MR) is 87.2 cm³/mol. The summed E-state index contributed by atoms with van der Waals surface area (Å²) in [6.45, 7) is 7.57. The highest BCUT2D eigenvalue weighted by Crippen LogP contribution is 2.33. The molecule has 1 aromatic rings. The van der Waals surface area contributed by atoms with Gasteiger partial charge in [0.05, 0.1) is 13.5 Å². The Kier molecular flexibility index (Phi) is 5.46. The summed E-state index contributed by atoms with van der Waals surface area (Å²) in [5, 5.41) is 3.39. The van der Waals surface area contributed by atoms with Crippen molar-refractivity contribution < 1.29 is 14.3 Å². The summed E-state index contributed by atoms with van der Waals surface area (Å²) in [6, 6.07) is 8.19. The van der Waals surface area contributed by atoms with E-state index in [9.17, 15) is 4.79 Å². The normalized spacial score (nSPS) is 22.2. The molecule has 1 unspecified atom stereocenters. The molecule has 1 heterocycles. The topological polar surface area (TPSA) is 47.6 Å². The molecule has 0 radical (unpaired) electrons. The van der Waals surface area contributed by atoms with Crippen LogP contribution in [0.1, 0.15) is 45.1 Å². The van der Waals surface area contributed by atoms with Gasteiger partial charge in [-0.3, -0.25) is 4.79 Å². The van der Waals surface area contributed by atoms with E-state index < -0.39 is 5.60 Å². The number of rotatable bonds is 4. The van der Waals surface area contributed by atoms with Crippen LogP contribution >= 0.6 is 0 Å². The van der Waals surface area contributed by atoms with E-state index in [0.29, 0.717) is 12.3 Å². The Morgan fingerprint density at radius 1 is 1.27 bits per heavy atom. The van der Waals surface area contributed by atoms with Crippen molar-refractivity contribution in [2.45, 2.75) is 45.1 Å². The van der Waals surface area contributed by atoms with E-state index >= 15 is 0 Å². The summed E-state index contributed by atoms with van der Waals surface area (Å²) < 4.78 is 10.7. The van der Waals surface area contributed by atoms with Crippen molar-refractivity contribution in [2.75, 3.05) is 20.2 Å². The summed E-state index contributed by atoms with van der Waals surface area (Å²) in [7, 11) is 1.67. The van der Waals surface area contributed by atoms with Gasteiger partial charge in [0.1, 0.15) is 11.4 Å². The van der Waals surface area contributed by atoms with E-state index in [1.807, 2.05) is 32.9 Å². The quantitative estimate of drug-likeness (QED) is 0.868. The van der Waals surface area contributed by atoms with Gasteiger partial charge < -0.3 is 14.8 Å². The number of methoxy groups -OCH3 is 1. The molecule has 2 atom stereocenters. The van der Waals surface area contributed by atoms with Crippen molar-refractivity contribution in [3.8, 4) is 5.75 Å². The third kappa shape index (κ3) is 4.73. The van der Waals surface area contributed by atoms with E-state index in [2.05, 4.69) is 17.4 Å². The molecule has 0 aromatic heterocycles. The van der Waals surface area contributed by atoms with Crippen LogP contribution in [-0.2, 0) is 9.53 Å². The Morgan fingerprint density at radius 2 is 1.95 bits per heavy atom. The zero-order chi connectivity index (χ0) is 16.2. The second kappa shape index (κ2) is 7.14. The maximum absolute atomic E-state index is 12.1. The number of esters is 1. The molecule has 1 fully saturated rings. The van der Waals surface area contributed by atoms with Gasteiger partial charge in [0.15, 0.2) is 0 Å². The summed E-state index contributed by atoms with van der Waals surface area (Å²) in [6.07, 6.45) is 1.50. The number of carbonyl (C=O) groups is 1. The van der Waals surface area contributed by atoms with E-state index in [1.54, 1.807) is 7.11 Å². The van der Waals surface area contributed by atoms with Crippen molar-refractivity contribution >= 4 is 5.97 Å². The summed E-state index contributed by atoms with van der Waals surface area (Å²) in [5.74, 6) is 1.41. The standard InChI is InChI=1S/C18H27NO3/c1-18(2,3)22-17(20)11-14-12-19-10-9-16(14)13-5-7-15(21-4)8-6-13/h5-8,14,16,19H,9-12H2,1-4H3/t14-,16?/m1/s1. The molecule has 22 heavy (non-hydrogen) atoms. The lowest BCUT2D eigenvalue weighted by atomic mass is 9.79. The minimum atomic E-state index is -0.422. The SMILES string of the molecule is COc1ccc(C2CCNC[C@H]2CC(=O)OC(C)(C)C)cc1. The van der Waals surface area contributed by atoms with Gasteiger partial charge in [0.25, 0.3) is 0 Å². The van der Waals surface area contributed by atoms with Crippen molar-refractivity contribution in [1.82, 2.24) is 5.32 Å². The molecule has 4 heteroatoms. The Balaban J connectivity index is 2.05. The molecule has 1 aromatic carbocycles. The first kappa shape index (κ1) is 16.8. The highest BCUT2D eigenvalue weighted by Gasteiger charge is 2.30. The average molecular weight is 305 g/mol. The molecule has 0 amide bonds. The third-order valence-corrected chi connectivity index (χ3v) is 4.00. The van der Waals surface area contributed by atoms with Crippen LogP contribution in [0.15, 0.2) is 24.3 Å². The van der Waals surface area contributed by atoms with E-state index in [-0.39, 0.29) is 11.9 Å². The molecule has 2 rings (SSSR count). The van der Waals surface area contributed by atoms with Crippen molar-refractivity contribution in [1.29, 1.82) is 0 Å². The summed E-state index contributed by atoms with van der Waals surface area (Å²) in [4.78, 5) is 12.1. The number of hydrogen-bond acceptors (Lipinski definition) is 4. The Hall–Kier alpha value is -1.55. The number of benzene rings is 1. The molecule has 0 spiro atoms. The molecule has 0 aliphatic carbocycles. The molecular weight excluding hydrogens is 278 g/mol. The predicted octanol–water partition coefficient (Wildman–Crippen LogP) is 3.12. The van der Waals surface area contributed by atoms with Crippen LogP contribution in [0, 0.1) is 5.92 Å². The number of ether oxygens (including phenoxy) is 2. The fourth-order valence-electron chi connectivity index (χ4n) is 3.02. The average Bonchev–Trinajstić information content (AvgIpc) is 2.46. The highest BCUT2D eigenvalue weighted by molar-refractivity contribution is 5.70. The van der Waals surface area contributed by atoms with Crippen LogP contribution in [0.25, 0.3) is 0 Å². The first-order valence-electron chi connectivity index (χ1n) is 7.95. The monoisotopic (exact) mass is 305 g/mol. The minimum Gasteiger partial charge on any atom is -0.497 e. The van der Waals surface area contributed by atoms with Crippen molar-refractivity contribution in [3.63, 3.8) is 0 Å². The van der Waals surface area contributed by atoms with Gasteiger partial charge in [-0.2, -0.15) is 0 Å². The van der Waals surface area contributed by atoms with Gasteiger partial charge in [-0.1, -0.05) is 12.1 Å². The lowest BCUT2D eigenvalue weighted by Gasteiger charge is -2.33. The maximum Gasteiger partial charge on any atom is 0.306 e. The highest BCUT2D eigenvalue weighted by atomic mass is 16.6. The van der Waals surface area contributed by atoms with Crippen LogP contribution in [0.4, 0.5) is 0 Å². The van der Waals surface area contributed by atoms with E-state index in [1.165, 1.54) is 5.56 Å². The second-order valence-electron chi connectivity index (χ2n) is 6.92. The fraction of sp³-hybridized carbons (Fsp3) is 0.611. The molecule has 1 N–H and O–H groups in total. The summed E-state index contributed by atoms with van der Waals surface area (Å²) in [5.41, 5.74) is 0.852. The number of nitrogens with one attached hydrogen (secondary N) is 1. The molecule has 0 saturated carbocycles. The number of carbonyl (C=O) groups excluding carboxylic acids is 1. The van der Waals surface area contributed by atoms with Crippen molar-refractivity contribution in [3.05, 3.63) is 29.8 Å². The van der Waals surface area contributed by atoms with Gasteiger partial charge in [-0.05, 0) is 69.8 Å². The molecule has 122 valence electrons. The van der Waals surface area contributed by atoms with Crippen LogP contribution in [0.5, 0.6) is 5.75 Å². The molecule has 1 saturated heterocycles. The molecular formula is C18H27NO3. The molecule has 4 nitrogen and oxygen atoms in total. The first-order chi connectivity index (χ1) is 10.4. The van der Waals surface area contributed by atoms with Crippen LogP contribution < -0.4 is 10.1 Å². The van der Waals surface area contributed by atoms with Gasteiger partial charge >= 0.3 is 5.97 Å². The lowest BCUT2D eigenvalue weighted by Crippen LogP contribution is -2.37. The van der Waals surface area contributed by atoms with E-state index in [0.717, 1.165) is 25.3 Å². The van der Waals surface area contributed by atoms with Crippen molar-refractivity contribution in [2.24, 2.45) is 5.92 Å². The van der Waals surface area contributed by atoms with Gasteiger partial charge in [-0.15, -0.1) is 0 Å². The molecule has 1 aliphatic heterocycles. The minimum absolute atomic E-state index is 0.111. The lowest BCUT2D eigenvalue weighted by molar-refractivity contribution is -0.156.